The number of carbonyl (C=O) groups is 2. The zero-order valence-corrected chi connectivity index (χ0v) is 16.6. The summed E-state index contributed by atoms with van der Waals surface area (Å²) in [5.74, 6) is -0.392. The lowest BCUT2D eigenvalue weighted by Crippen LogP contribution is -2.41. The molecule has 2 heterocycles. The first kappa shape index (κ1) is 19.7. The monoisotopic (exact) mass is 394 g/mol. The summed E-state index contributed by atoms with van der Waals surface area (Å²) in [6.45, 7) is 3.68. The van der Waals surface area contributed by atoms with Gasteiger partial charge in [-0.1, -0.05) is 0 Å². The van der Waals surface area contributed by atoms with Crippen LogP contribution in [0.4, 0.5) is 5.69 Å². The van der Waals surface area contributed by atoms with E-state index in [0.29, 0.717) is 50.3 Å². The summed E-state index contributed by atoms with van der Waals surface area (Å²) in [5, 5.41) is 0. The van der Waals surface area contributed by atoms with Gasteiger partial charge in [0.05, 0.1) is 24.5 Å². The summed E-state index contributed by atoms with van der Waals surface area (Å²) < 4.78 is 30.4. The molecule has 0 aromatic heterocycles. The van der Waals surface area contributed by atoms with E-state index in [-0.39, 0.29) is 17.8 Å². The fourth-order valence-electron chi connectivity index (χ4n) is 3.80. The molecule has 3 rings (SSSR count). The van der Waals surface area contributed by atoms with E-state index in [9.17, 15) is 18.0 Å². The fourth-order valence-corrected chi connectivity index (χ4v) is 4.80. The maximum atomic E-state index is 12.8. The summed E-state index contributed by atoms with van der Waals surface area (Å²) in [4.78, 5) is 26.4. The van der Waals surface area contributed by atoms with Crippen LogP contribution in [0.2, 0.25) is 0 Å². The molecule has 0 spiro atoms. The topological polar surface area (TPSA) is 84.0 Å². The third-order valence-electron chi connectivity index (χ3n) is 5.20. The van der Waals surface area contributed by atoms with Gasteiger partial charge < -0.3 is 9.64 Å². The van der Waals surface area contributed by atoms with Crippen molar-refractivity contribution in [3.8, 4) is 0 Å². The van der Waals surface area contributed by atoms with Crippen molar-refractivity contribution in [3.05, 3.63) is 29.3 Å². The van der Waals surface area contributed by atoms with Crippen LogP contribution in [0.5, 0.6) is 0 Å². The number of benzene rings is 1. The Bertz CT molecular complexity index is 829. The van der Waals surface area contributed by atoms with E-state index >= 15 is 0 Å². The van der Waals surface area contributed by atoms with Crippen molar-refractivity contribution < 1.29 is 22.7 Å². The van der Waals surface area contributed by atoms with Crippen LogP contribution in [0, 0.1) is 5.92 Å². The minimum Gasteiger partial charge on any atom is -0.466 e. The number of hydrogen-bond donors (Lipinski definition) is 0. The van der Waals surface area contributed by atoms with Gasteiger partial charge in [0.25, 0.3) is 5.91 Å². The molecule has 0 unspecified atom stereocenters. The van der Waals surface area contributed by atoms with Crippen LogP contribution in [-0.2, 0) is 26.0 Å². The van der Waals surface area contributed by atoms with E-state index in [0.717, 1.165) is 18.4 Å². The summed E-state index contributed by atoms with van der Waals surface area (Å²) in [7, 11) is -3.32. The molecule has 1 aromatic carbocycles. The van der Waals surface area contributed by atoms with Crippen molar-refractivity contribution in [2.24, 2.45) is 5.92 Å². The average molecular weight is 394 g/mol. The van der Waals surface area contributed by atoms with Crippen LogP contribution < -0.4 is 4.31 Å². The summed E-state index contributed by atoms with van der Waals surface area (Å²) in [6, 6.07) is 5.24. The molecular formula is C19H26N2O5S. The third-order valence-corrected chi connectivity index (χ3v) is 6.38. The Balaban J connectivity index is 1.71. The number of hydrogen-bond acceptors (Lipinski definition) is 5. The smallest absolute Gasteiger partial charge is 0.309 e. The van der Waals surface area contributed by atoms with Crippen molar-refractivity contribution in [2.45, 2.75) is 32.6 Å². The molecule has 0 N–H and O–H groups in total. The number of likely N-dealkylation sites (tertiary alicyclic amines) is 1. The summed E-state index contributed by atoms with van der Waals surface area (Å²) >= 11 is 0. The van der Waals surface area contributed by atoms with E-state index in [1.165, 1.54) is 10.6 Å². The number of amides is 1. The number of sulfonamides is 1. The van der Waals surface area contributed by atoms with Gasteiger partial charge in [-0.25, -0.2) is 8.42 Å². The van der Waals surface area contributed by atoms with E-state index < -0.39 is 10.0 Å². The largest absolute Gasteiger partial charge is 0.466 e. The normalized spacial score (nSPS) is 18.1. The number of carbonyl (C=O) groups excluding carboxylic acids is 2. The fraction of sp³-hybridized carbons (Fsp3) is 0.579. The van der Waals surface area contributed by atoms with Crippen LogP contribution in [-0.4, -0.2) is 57.7 Å². The van der Waals surface area contributed by atoms with Crippen molar-refractivity contribution in [1.29, 1.82) is 0 Å². The predicted octanol–water partition coefficient (Wildman–Crippen LogP) is 1.81. The Morgan fingerprint density at radius 1 is 1.19 bits per heavy atom. The van der Waals surface area contributed by atoms with E-state index in [1.54, 1.807) is 24.0 Å². The molecule has 7 nitrogen and oxygen atoms in total. The van der Waals surface area contributed by atoms with Crippen LogP contribution in [0.1, 0.15) is 42.1 Å². The molecule has 0 atom stereocenters. The highest BCUT2D eigenvalue weighted by molar-refractivity contribution is 7.92. The first-order chi connectivity index (χ1) is 12.8. The lowest BCUT2D eigenvalue weighted by Gasteiger charge is -2.32. The lowest BCUT2D eigenvalue weighted by molar-refractivity contribution is -0.149. The number of piperidine rings is 1. The van der Waals surface area contributed by atoms with Gasteiger partial charge in [-0.15, -0.1) is 0 Å². The number of anilines is 1. The minimum absolute atomic E-state index is 0.0726. The van der Waals surface area contributed by atoms with E-state index in [1.807, 2.05) is 6.07 Å². The molecule has 0 aliphatic carbocycles. The number of fused-ring (bicyclic) bond motifs is 1. The standard InChI is InChI=1S/C19H26N2O5S/c1-3-26-19(23)14-8-11-20(12-9-14)18(22)16-6-7-17-15(13-16)5-4-10-21(17)27(2,24)25/h6-7,13-14H,3-5,8-12H2,1-2H3. The molecule has 27 heavy (non-hydrogen) atoms. The van der Waals surface area contributed by atoms with Crippen molar-refractivity contribution in [3.63, 3.8) is 0 Å². The summed E-state index contributed by atoms with van der Waals surface area (Å²) in [6.07, 6.45) is 3.92. The number of esters is 1. The lowest BCUT2D eigenvalue weighted by atomic mass is 9.95. The molecule has 8 heteroatoms. The second kappa shape index (κ2) is 7.88. The molecule has 1 saturated heterocycles. The Labute approximate surface area is 160 Å². The molecule has 2 aliphatic heterocycles. The first-order valence-electron chi connectivity index (χ1n) is 9.37. The Hall–Kier alpha value is -2.09. The zero-order chi connectivity index (χ0) is 19.6. The number of rotatable bonds is 4. The van der Waals surface area contributed by atoms with Crippen LogP contribution in [0.15, 0.2) is 18.2 Å². The van der Waals surface area contributed by atoms with Crippen molar-refractivity contribution in [1.82, 2.24) is 4.90 Å². The second-order valence-electron chi connectivity index (χ2n) is 7.10. The molecule has 0 bridgehead atoms. The number of ether oxygens (including phenoxy) is 1. The van der Waals surface area contributed by atoms with Gasteiger partial charge in [0.15, 0.2) is 0 Å². The predicted molar refractivity (Wildman–Crippen MR) is 102 cm³/mol. The van der Waals surface area contributed by atoms with Gasteiger partial charge in [0.2, 0.25) is 10.0 Å². The molecule has 0 saturated carbocycles. The molecule has 0 radical (unpaired) electrons. The molecule has 1 amide bonds. The molecule has 2 aliphatic rings. The van der Waals surface area contributed by atoms with Crippen LogP contribution in [0.25, 0.3) is 0 Å². The minimum atomic E-state index is -3.32. The molecule has 1 aromatic rings. The van der Waals surface area contributed by atoms with Crippen LogP contribution >= 0.6 is 0 Å². The van der Waals surface area contributed by atoms with Gasteiger partial charge in [-0.05, 0) is 56.4 Å². The maximum absolute atomic E-state index is 12.8. The first-order valence-corrected chi connectivity index (χ1v) is 11.2. The number of nitrogens with zero attached hydrogens (tertiary/aromatic N) is 2. The highest BCUT2D eigenvalue weighted by Crippen LogP contribution is 2.30. The average Bonchev–Trinajstić information content (AvgIpc) is 2.66. The Kier molecular flexibility index (Phi) is 5.74. The highest BCUT2D eigenvalue weighted by Gasteiger charge is 2.30. The van der Waals surface area contributed by atoms with E-state index in [2.05, 4.69) is 0 Å². The molecular weight excluding hydrogens is 368 g/mol. The Morgan fingerprint density at radius 3 is 2.52 bits per heavy atom. The quantitative estimate of drug-likeness (QED) is 0.728. The second-order valence-corrected chi connectivity index (χ2v) is 9.01. The SMILES string of the molecule is CCOC(=O)C1CCN(C(=O)c2ccc3c(c2)CCCN3S(C)(=O)=O)CC1. The third kappa shape index (κ3) is 4.26. The van der Waals surface area contributed by atoms with Gasteiger partial charge in [-0.2, -0.15) is 0 Å². The van der Waals surface area contributed by atoms with Gasteiger partial charge >= 0.3 is 5.97 Å². The van der Waals surface area contributed by atoms with Gasteiger partial charge in [-0.3, -0.25) is 13.9 Å². The van der Waals surface area contributed by atoms with Crippen molar-refractivity contribution in [2.75, 3.05) is 36.8 Å². The Morgan fingerprint density at radius 2 is 1.89 bits per heavy atom. The van der Waals surface area contributed by atoms with Gasteiger partial charge in [0, 0.05) is 25.2 Å². The maximum Gasteiger partial charge on any atom is 0.309 e. The highest BCUT2D eigenvalue weighted by atomic mass is 32.2. The summed E-state index contributed by atoms with van der Waals surface area (Å²) in [5.41, 5.74) is 2.12. The number of aryl methyl sites for hydroxylation is 1. The zero-order valence-electron chi connectivity index (χ0n) is 15.8. The van der Waals surface area contributed by atoms with Crippen LogP contribution in [0.3, 0.4) is 0 Å². The molecule has 1 fully saturated rings. The van der Waals surface area contributed by atoms with Gasteiger partial charge in [0.1, 0.15) is 0 Å². The molecule has 148 valence electrons. The van der Waals surface area contributed by atoms with E-state index in [4.69, 9.17) is 4.74 Å². The van der Waals surface area contributed by atoms with Crippen molar-refractivity contribution >= 4 is 27.6 Å².